The highest BCUT2D eigenvalue weighted by Crippen LogP contribution is 2.30. The van der Waals surface area contributed by atoms with Gasteiger partial charge < -0.3 is 9.64 Å². The Morgan fingerprint density at radius 3 is 2.35 bits per heavy atom. The minimum Gasteiger partial charge on any atom is -0.495 e. The molecule has 8 heteroatoms. The maximum atomic E-state index is 12.9. The quantitative estimate of drug-likeness (QED) is 0.762. The van der Waals surface area contributed by atoms with Crippen molar-refractivity contribution in [2.45, 2.75) is 11.8 Å². The second kappa shape index (κ2) is 7.64. The van der Waals surface area contributed by atoms with E-state index in [2.05, 4.69) is 4.90 Å². The van der Waals surface area contributed by atoms with Crippen molar-refractivity contribution < 1.29 is 13.2 Å². The standard InChI is InChI=1S/C18H20Cl2N2O3S/c1-13-15(19)4-3-5-17(13)21-8-10-22(11-9-21)26(23,24)14-6-7-16(20)18(12-14)25-2/h3-7,12H,8-11H2,1-2H3. The lowest BCUT2D eigenvalue weighted by Gasteiger charge is -2.36. The lowest BCUT2D eigenvalue weighted by Crippen LogP contribution is -2.48. The lowest BCUT2D eigenvalue weighted by molar-refractivity contribution is 0.383. The van der Waals surface area contributed by atoms with Crippen LogP contribution < -0.4 is 9.64 Å². The highest BCUT2D eigenvalue weighted by Gasteiger charge is 2.29. The topological polar surface area (TPSA) is 49.9 Å². The van der Waals surface area contributed by atoms with Crippen LogP contribution in [0.1, 0.15) is 5.56 Å². The summed E-state index contributed by atoms with van der Waals surface area (Å²) < 4.78 is 32.5. The van der Waals surface area contributed by atoms with E-state index in [0.29, 0.717) is 42.0 Å². The SMILES string of the molecule is COc1cc(S(=O)(=O)N2CCN(c3cccc(Cl)c3C)CC2)ccc1Cl. The highest BCUT2D eigenvalue weighted by atomic mass is 35.5. The number of ether oxygens (including phenoxy) is 1. The van der Waals surface area contributed by atoms with Gasteiger partial charge in [-0.25, -0.2) is 8.42 Å². The van der Waals surface area contributed by atoms with Gasteiger partial charge in [0.15, 0.2) is 0 Å². The number of sulfonamides is 1. The van der Waals surface area contributed by atoms with Crippen LogP contribution in [0, 0.1) is 6.92 Å². The summed E-state index contributed by atoms with van der Waals surface area (Å²) in [5.74, 6) is 0.348. The first-order valence-corrected chi connectivity index (χ1v) is 10.4. The Kier molecular flexibility index (Phi) is 5.67. The summed E-state index contributed by atoms with van der Waals surface area (Å²) >= 11 is 12.2. The Balaban J connectivity index is 1.78. The van der Waals surface area contributed by atoms with E-state index in [-0.39, 0.29) is 4.90 Å². The molecule has 0 aromatic heterocycles. The van der Waals surface area contributed by atoms with E-state index in [1.807, 2.05) is 25.1 Å². The zero-order valence-corrected chi connectivity index (χ0v) is 16.9. The van der Waals surface area contributed by atoms with Crippen molar-refractivity contribution in [3.63, 3.8) is 0 Å². The molecule has 0 radical (unpaired) electrons. The van der Waals surface area contributed by atoms with E-state index in [4.69, 9.17) is 27.9 Å². The molecule has 2 aromatic carbocycles. The van der Waals surface area contributed by atoms with E-state index in [0.717, 1.165) is 11.3 Å². The number of hydrogen-bond donors (Lipinski definition) is 0. The minimum absolute atomic E-state index is 0.186. The Hall–Kier alpha value is -1.47. The molecular formula is C18H20Cl2N2O3S. The van der Waals surface area contributed by atoms with E-state index in [1.165, 1.54) is 23.5 Å². The third-order valence-corrected chi connectivity index (χ3v) is 7.20. The van der Waals surface area contributed by atoms with Gasteiger partial charge in [0.2, 0.25) is 10.0 Å². The molecule has 0 aliphatic carbocycles. The number of halogens is 2. The van der Waals surface area contributed by atoms with Gasteiger partial charge >= 0.3 is 0 Å². The van der Waals surface area contributed by atoms with Crippen molar-refractivity contribution in [3.05, 3.63) is 52.0 Å². The second-order valence-corrected chi connectivity index (χ2v) is 8.82. The predicted molar refractivity (Wildman–Crippen MR) is 105 cm³/mol. The summed E-state index contributed by atoms with van der Waals surface area (Å²) in [7, 11) is -2.13. The zero-order chi connectivity index (χ0) is 18.9. The second-order valence-electron chi connectivity index (χ2n) is 6.07. The molecule has 1 fully saturated rings. The number of methoxy groups -OCH3 is 1. The number of benzene rings is 2. The van der Waals surface area contributed by atoms with Crippen LogP contribution in [0.5, 0.6) is 5.75 Å². The Morgan fingerprint density at radius 1 is 1.00 bits per heavy atom. The summed E-state index contributed by atoms with van der Waals surface area (Å²) in [5.41, 5.74) is 2.05. The minimum atomic E-state index is -3.59. The van der Waals surface area contributed by atoms with Crippen LogP contribution >= 0.6 is 23.2 Å². The van der Waals surface area contributed by atoms with Gasteiger partial charge in [0.1, 0.15) is 5.75 Å². The molecular weight excluding hydrogens is 395 g/mol. The van der Waals surface area contributed by atoms with Crippen LogP contribution in [0.25, 0.3) is 0 Å². The van der Waals surface area contributed by atoms with E-state index in [1.54, 1.807) is 6.07 Å². The smallest absolute Gasteiger partial charge is 0.243 e. The van der Waals surface area contributed by atoms with Crippen LogP contribution in [0.4, 0.5) is 5.69 Å². The molecule has 0 spiro atoms. The van der Waals surface area contributed by atoms with Gasteiger partial charge in [-0.05, 0) is 36.8 Å². The molecule has 1 heterocycles. The van der Waals surface area contributed by atoms with Crippen molar-refractivity contribution in [3.8, 4) is 5.75 Å². The van der Waals surface area contributed by atoms with Crippen molar-refractivity contribution >= 4 is 38.9 Å². The average Bonchev–Trinajstić information content (AvgIpc) is 2.64. The first-order chi connectivity index (χ1) is 12.3. The maximum Gasteiger partial charge on any atom is 0.243 e. The van der Waals surface area contributed by atoms with Gasteiger partial charge in [0, 0.05) is 43.0 Å². The number of piperazine rings is 1. The fourth-order valence-corrected chi connectivity index (χ4v) is 4.86. The normalized spacial score (nSPS) is 15.9. The van der Waals surface area contributed by atoms with Crippen LogP contribution in [-0.2, 0) is 10.0 Å². The van der Waals surface area contributed by atoms with Crippen LogP contribution in [-0.4, -0.2) is 46.0 Å². The fourth-order valence-electron chi connectivity index (χ4n) is 3.06. The summed E-state index contributed by atoms with van der Waals surface area (Å²) in [5, 5.41) is 1.10. The molecule has 0 amide bonds. The van der Waals surface area contributed by atoms with Crippen LogP contribution in [0.15, 0.2) is 41.3 Å². The molecule has 0 unspecified atom stereocenters. The van der Waals surface area contributed by atoms with E-state index < -0.39 is 10.0 Å². The molecule has 2 aromatic rings. The van der Waals surface area contributed by atoms with Crippen molar-refractivity contribution in [2.24, 2.45) is 0 Å². The molecule has 26 heavy (non-hydrogen) atoms. The first-order valence-electron chi connectivity index (χ1n) is 8.18. The molecule has 5 nitrogen and oxygen atoms in total. The lowest BCUT2D eigenvalue weighted by atomic mass is 10.1. The summed E-state index contributed by atoms with van der Waals surface area (Å²) in [6, 6.07) is 10.3. The molecule has 140 valence electrons. The largest absolute Gasteiger partial charge is 0.495 e. The molecule has 1 aliphatic heterocycles. The molecule has 1 aliphatic rings. The average molecular weight is 415 g/mol. The third kappa shape index (κ3) is 3.64. The predicted octanol–water partition coefficient (Wildman–Crippen LogP) is 3.82. The van der Waals surface area contributed by atoms with Gasteiger partial charge in [-0.3, -0.25) is 0 Å². The van der Waals surface area contributed by atoms with Crippen molar-refractivity contribution in [1.29, 1.82) is 0 Å². The summed E-state index contributed by atoms with van der Waals surface area (Å²) in [4.78, 5) is 2.35. The van der Waals surface area contributed by atoms with Gasteiger partial charge in [-0.2, -0.15) is 4.31 Å². The van der Waals surface area contributed by atoms with E-state index in [9.17, 15) is 8.42 Å². The first kappa shape index (κ1) is 19.3. The Labute approximate surface area is 164 Å². The van der Waals surface area contributed by atoms with Crippen LogP contribution in [0.2, 0.25) is 10.0 Å². The fraction of sp³-hybridized carbons (Fsp3) is 0.333. The Morgan fingerprint density at radius 2 is 1.69 bits per heavy atom. The van der Waals surface area contributed by atoms with Gasteiger partial charge in [0.25, 0.3) is 0 Å². The highest BCUT2D eigenvalue weighted by molar-refractivity contribution is 7.89. The monoisotopic (exact) mass is 414 g/mol. The zero-order valence-electron chi connectivity index (χ0n) is 14.6. The molecule has 0 saturated carbocycles. The number of nitrogens with zero attached hydrogens (tertiary/aromatic N) is 2. The molecule has 0 N–H and O–H groups in total. The molecule has 1 saturated heterocycles. The maximum absolute atomic E-state index is 12.9. The summed E-state index contributed by atoms with van der Waals surface area (Å²) in [6.07, 6.45) is 0. The van der Waals surface area contributed by atoms with E-state index >= 15 is 0 Å². The number of rotatable bonds is 4. The van der Waals surface area contributed by atoms with Gasteiger partial charge in [-0.1, -0.05) is 29.3 Å². The summed E-state index contributed by atoms with van der Waals surface area (Å²) in [6.45, 7) is 3.98. The molecule has 3 rings (SSSR count). The van der Waals surface area contributed by atoms with Crippen molar-refractivity contribution in [1.82, 2.24) is 4.31 Å². The molecule has 0 atom stereocenters. The number of hydrogen-bond acceptors (Lipinski definition) is 4. The van der Waals surface area contributed by atoms with Gasteiger partial charge in [0.05, 0.1) is 17.0 Å². The Bertz CT molecular complexity index is 911. The third-order valence-electron chi connectivity index (χ3n) is 4.58. The number of anilines is 1. The van der Waals surface area contributed by atoms with Gasteiger partial charge in [-0.15, -0.1) is 0 Å². The molecule has 0 bridgehead atoms. The van der Waals surface area contributed by atoms with Crippen molar-refractivity contribution in [2.75, 3.05) is 38.2 Å². The van der Waals surface area contributed by atoms with Crippen LogP contribution in [0.3, 0.4) is 0 Å².